The average molecular weight is 232 g/mol. The molecule has 1 rings (SSSR count). The number of nitrogens with zero attached hydrogens (tertiary/aromatic N) is 2. The Labute approximate surface area is 89.7 Å². The second-order valence-electron chi connectivity index (χ2n) is 3.27. The van der Waals surface area contributed by atoms with Crippen LogP contribution in [0.2, 0.25) is 0 Å². The fourth-order valence-corrected chi connectivity index (χ4v) is 2.07. The third kappa shape index (κ3) is 4.41. The Hall–Kier alpha value is -0.920. The Bertz CT molecular complexity index is 399. The van der Waals surface area contributed by atoms with Gasteiger partial charge in [-0.3, -0.25) is 4.68 Å². The number of hydrogen-bond donors (Lipinski definition) is 2. The second-order valence-corrected chi connectivity index (χ2v) is 5.19. The van der Waals surface area contributed by atoms with E-state index in [1.807, 2.05) is 0 Å². The van der Waals surface area contributed by atoms with Crippen LogP contribution in [0.15, 0.2) is 12.4 Å². The molecule has 0 aliphatic heterocycles. The van der Waals surface area contributed by atoms with E-state index in [4.69, 9.17) is 0 Å². The number of hydrogen-bond acceptors (Lipinski definition) is 4. The lowest BCUT2D eigenvalue weighted by Crippen LogP contribution is -2.30. The molecule has 0 spiro atoms. The third-order valence-corrected chi connectivity index (χ3v) is 3.20. The van der Waals surface area contributed by atoms with Crippen molar-refractivity contribution in [1.82, 2.24) is 19.8 Å². The largest absolute Gasteiger partial charge is 0.319 e. The number of nitrogens with one attached hydrogen (secondary N) is 2. The highest BCUT2D eigenvalue weighted by molar-refractivity contribution is 7.89. The lowest BCUT2D eigenvalue weighted by molar-refractivity contribution is 0.579. The maximum Gasteiger partial charge on any atom is 0.213 e. The second kappa shape index (κ2) is 5.24. The maximum absolute atomic E-state index is 11.4. The van der Waals surface area contributed by atoms with E-state index in [0.717, 1.165) is 5.56 Å². The summed E-state index contributed by atoms with van der Waals surface area (Å²) in [5.74, 6) is 0.0871. The summed E-state index contributed by atoms with van der Waals surface area (Å²) in [6.07, 6.45) is 3.42. The van der Waals surface area contributed by atoms with Crippen LogP contribution in [0.25, 0.3) is 0 Å². The smallest absolute Gasteiger partial charge is 0.213 e. The van der Waals surface area contributed by atoms with Gasteiger partial charge in [-0.2, -0.15) is 5.10 Å². The molecule has 2 N–H and O–H groups in total. The van der Waals surface area contributed by atoms with E-state index in [1.165, 1.54) is 0 Å². The fraction of sp³-hybridized carbons (Fsp3) is 0.625. The van der Waals surface area contributed by atoms with Crippen molar-refractivity contribution < 1.29 is 8.42 Å². The summed E-state index contributed by atoms with van der Waals surface area (Å²) in [5.41, 5.74) is 0.852. The quantitative estimate of drug-likeness (QED) is 0.663. The summed E-state index contributed by atoms with van der Waals surface area (Å²) >= 11 is 0. The standard InChI is InChI=1S/C8H16N4O2S/c1-9-3-4-15(13,14)11-6-8-5-10-12(2)7-8/h5,7,9,11H,3-4,6H2,1-2H3. The summed E-state index contributed by atoms with van der Waals surface area (Å²) in [6, 6.07) is 0. The summed E-state index contributed by atoms with van der Waals surface area (Å²) in [7, 11) is 0.327. The first kappa shape index (κ1) is 12.2. The van der Waals surface area contributed by atoms with Crippen molar-refractivity contribution in [3.63, 3.8) is 0 Å². The van der Waals surface area contributed by atoms with Crippen LogP contribution in [0.4, 0.5) is 0 Å². The van der Waals surface area contributed by atoms with Crippen molar-refractivity contribution in [3.05, 3.63) is 18.0 Å². The SMILES string of the molecule is CNCCS(=O)(=O)NCc1cnn(C)c1. The predicted molar refractivity (Wildman–Crippen MR) is 57.8 cm³/mol. The first-order valence-electron chi connectivity index (χ1n) is 4.63. The topological polar surface area (TPSA) is 76.0 Å². The fourth-order valence-electron chi connectivity index (χ4n) is 1.07. The van der Waals surface area contributed by atoms with E-state index < -0.39 is 10.0 Å². The van der Waals surface area contributed by atoms with E-state index in [-0.39, 0.29) is 5.75 Å². The Morgan fingerprint density at radius 1 is 1.53 bits per heavy atom. The minimum absolute atomic E-state index is 0.0871. The van der Waals surface area contributed by atoms with E-state index in [0.29, 0.717) is 13.1 Å². The summed E-state index contributed by atoms with van der Waals surface area (Å²) in [5, 5.41) is 6.74. The van der Waals surface area contributed by atoms with Crippen LogP contribution >= 0.6 is 0 Å². The van der Waals surface area contributed by atoms with Crippen LogP contribution in [-0.2, 0) is 23.6 Å². The van der Waals surface area contributed by atoms with Crippen LogP contribution in [-0.4, -0.2) is 37.5 Å². The molecule has 6 nitrogen and oxygen atoms in total. The van der Waals surface area contributed by atoms with Gasteiger partial charge in [-0.25, -0.2) is 13.1 Å². The van der Waals surface area contributed by atoms with Crippen molar-refractivity contribution in [1.29, 1.82) is 0 Å². The highest BCUT2D eigenvalue weighted by Gasteiger charge is 2.09. The molecule has 7 heteroatoms. The molecule has 0 amide bonds. The van der Waals surface area contributed by atoms with Gasteiger partial charge in [0, 0.05) is 31.9 Å². The van der Waals surface area contributed by atoms with Crippen LogP contribution in [0.5, 0.6) is 0 Å². The van der Waals surface area contributed by atoms with E-state index in [9.17, 15) is 8.42 Å². The Morgan fingerprint density at radius 2 is 2.27 bits per heavy atom. The van der Waals surface area contributed by atoms with Crippen LogP contribution < -0.4 is 10.0 Å². The van der Waals surface area contributed by atoms with Gasteiger partial charge in [0.2, 0.25) is 10.0 Å². The Balaban J connectivity index is 2.42. The van der Waals surface area contributed by atoms with Crippen molar-refractivity contribution in [3.8, 4) is 0 Å². The molecule has 0 aliphatic carbocycles. The molecular formula is C8H16N4O2S. The van der Waals surface area contributed by atoms with Crippen LogP contribution in [0, 0.1) is 0 Å². The zero-order valence-corrected chi connectivity index (χ0v) is 9.71. The molecule has 0 bridgehead atoms. The lowest BCUT2D eigenvalue weighted by Gasteiger charge is -2.04. The molecule has 0 fully saturated rings. The van der Waals surface area contributed by atoms with Crippen molar-refractivity contribution >= 4 is 10.0 Å². The molecule has 1 aromatic rings. The molecule has 15 heavy (non-hydrogen) atoms. The number of rotatable bonds is 6. The predicted octanol–water partition coefficient (Wildman–Crippen LogP) is -0.941. The van der Waals surface area contributed by atoms with Gasteiger partial charge in [0.1, 0.15) is 0 Å². The number of aromatic nitrogens is 2. The first-order chi connectivity index (χ1) is 7.03. The highest BCUT2D eigenvalue weighted by Crippen LogP contribution is 1.96. The summed E-state index contributed by atoms with van der Waals surface area (Å²) < 4.78 is 26.9. The maximum atomic E-state index is 11.4. The minimum atomic E-state index is -3.18. The van der Waals surface area contributed by atoms with Crippen molar-refractivity contribution in [2.24, 2.45) is 7.05 Å². The van der Waals surface area contributed by atoms with Crippen LogP contribution in [0.3, 0.4) is 0 Å². The van der Waals surface area contributed by atoms with Gasteiger partial charge in [-0.15, -0.1) is 0 Å². The molecule has 1 aromatic heterocycles. The molecule has 0 aliphatic rings. The van der Waals surface area contributed by atoms with Crippen molar-refractivity contribution in [2.45, 2.75) is 6.54 Å². The zero-order valence-electron chi connectivity index (χ0n) is 8.90. The van der Waals surface area contributed by atoms with Gasteiger partial charge >= 0.3 is 0 Å². The van der Waals surface area contributed by atoms with Gasteiger partial charge < -0.3 is 5.32 Å². The molecule has 86 valence electrons. The van der Waals surface area contributed by atoms with Gasteiger partial charge in [-0.1, -0.05) is 0 Å². The lowest BCUT2D eigenvalue weighted by atomic mass is 10.4. The zero-order chi connectivity index (χ0) is 11.3. The number of sulfonamides is 1. The normalized spacial score (nSPS) is 11.9. The molecule has 0 unspecified atom stereocenters. The van der Waals surface area contributed by atoms with Gasteiger partial charge in [0.05, 0.1) is 11.9 Å². The number of aryl methyl sites for hydroxylation is 1. The van der Waals surface area contributed by atoms with Crippen LogP contribution in [0.1, 0.15) is 5.56 Å². The molecular weight excluding hydrogens is 216 g/mol. The molecule has 0 saturated heterocycles. The van der Waals surface area contributed by atoms with E-state index in [2.05, 4.69) is 15.1 Å². The van der Waals surface area contributed by atoms with Gasteiger partial charge in [0.15, 0.2) is 0 Å². The molecule has 1 heterocycles. The molecule has 0 aromatic carbocycles. The molecule has 0 saturated carbocycles. The minimum Gasteiger partial charge on any atom is -0.319 e. The van der Waals surface area contributed by atoms with Gasteiger partial charge in [-0.05, 0) is 7.05 Å². The van der Waals surface area contributed by atoms with Crippen molar-refractivity contribution in [2.75, 3.05) is 19.3 Å². The summed E-state index contributed by atoms with van der Waals surface area (Å²) in [6.45, 7) is 0.738. The average Bonchev–Trinajstić information content (AvgIpc) is 2.59. The Kier molecular flexibility index (Phi) is 4.25. The van der Waals surface area contributed by atoms with E-state index in [1.54, 1.807) is 31.2 Å². The van der Waals surface area contributed by atoms with Gasteiger partial charge in [0.25, 0.3) is 0 Å². The first-order valence-corrected chi connectivity index (χ1v) is 6.28. The summed E-state index contributed by atoms with van der Waals surface area (Å²) in [4.78, 5) is 0. The molecule has 0 radical (unpaired) electrons. The Morgan fingerprint density at radius 3 is 2.80 bits per heavy atom. The molecule has 0 atom stereocenters. The third-order valence-electron chi connectivity index (χ3n) is 1.88. The highest BCUT2D eigenvalue weighted by atomic mass is 32.2. The van der Waals surface area contributed by atoms with E-state index >= 15 is 0 Å². The monoisotopic (exact) mass is 232 g/mol.